The predicted molar refractivity (Wildman–Crippen MR) is 141 cm³/mol. The van der Waals surface area contributed by atoms with Crippen molar-refractivity contribution < 1.29 is 4.74 Å². The molecule has 9 heteroatoms. The summed E-state index contributed by atoms with van der Waals surface area (Å²) in [6.07, 6.45) is 8.02. The molecule has 1 aromatic heterocycles. The van der Waals surface area contributed by atoms with Crippen LogP contribution in [0.4, 0.5) is 0 Å². The number of aryl methyl sites for hydroxylation is 1. The number of hydrogen-bond donors (Lipinski definition) is 2. The van der Waals surface area contributed by atoms with Gasteiger partial charge in [0, 0.05) is 45.2 Å². The van der Waals surface area contributed by atoms with Crippen LogP contribution in [-0.4, -0.2) is 77.1 Å². The van der Waals surface area contributed by atoms with Crippen molar-refractivity contribution in [1.29, 1.82) is 0 Å². The third-order valence-corrected chi connectivity index (χ3v) is 6.39. The normalized spacial score (nSPS) is 24.9. The van der Waals surface area contributed by atoms with Gasteiger partial charge in [0.05, 0.1) is 19.3 Å². The first-order chi connectivity index (χ1) is 15.0. The van der Waals surface area contributed by atoms with Gasteiger partial charge in [-0.05, 0) is 24.7 Å². The zero-order chi connectivity index (χ0) is 22.1. The minimum Gasteiger partial charge on any atom is -0.374 e. The fourth-order valence-corrected chi connectivity index (χ4v) is 4.66. The van der Waals surface area contributed by atoms with Crippen LogP contribution in [0.3, 0.4) is 0 Å². The lowest BCUT2D eigenvalue weighted by atomic mass is 9.86. The van der Waals surface area contributed by atoms with E-state index in [2.05, 4.69) is 58.0 Å². The van der Waals surface area contributed by atoms with Gasteiger partial charge in [0.1, 0.15) is 12.2 Å². The Balaban J connectivity index is 0.00000363. The number of nitrogens with one attached hydrogen (secondary N) is 2. The van der Waals surface area contributed by atoms with Crippen molar-refractivity contribution in [2.75, 3.05) is 39.3 Å². The van der Waals surface area contributed by atoms with E-state index >= 15 is 0 Å². The Morgan fingerprint density at radius 1 is 1.31 bits per heavy atom. The lowest BCUT2D eigenvalue weighted by molar-refractivity contribution is -0.0262. The van der Waals surface area contributed by atoms with Crippen LogP contribution in [0.15, 0.2) is 11.3 Å². The summed E-state index contributed by atoms with van der Waals surface area (Å²) in [6, 6.07) is 0.492. The van der Waals surface area contributed by atoms with Crippen LogP contribution in [-0.2, 0) is 17.7 Å². The minimum absolute atomic E-state index is 0. The van der Waals surface area contributed by atoms with Crippen molar-refractivity contribution >= 4 is 29.9 Å². The first kappa shape index (κ1) is 27.3. The Labute approximate surface area is 211 Å². The third-order valence-electron chi connectivity index (χ3n) is 6.39. The molecule has 3 atom stereocenters. The Kier molecular flexibility index (Phi) is 12.2. The molecule has 3 rings (SSSR count). The van der Waals surface area contributed by atoms with Gasteiger partial charge in [-0.2, -0.15) is 0 Å². The minimum atomic E-state index is 0. The summed E-state index contributed by atoms with van der Waals surface area (Å²) in [5.41, 5.74) is 0. The molecule has 1 aliphatic carbocycles. The van der Waals surface area contributed by atoms with Gasteiger partial charge >= 0.3 is 0 Å². The van der Waals surface area contributed by atoms with E-state index in [0.29, 0.717) is 24.4 Å². The topological polar surface area (TPSA) is 79.6 Å². The molecule has 0 bridgehead atoms. The zero-order valence-corrected chi connectivity index (χ0v) is 22.8. The number of rotatable bonds is 9. The second-order valence-electron chi connectivity index (χ2n) is 9.57. The van der Waals surface area contributed by atoms with E-state index in [0.717, 1.165) is 57.5 Å². The summed E-state index contributed by atoms with van der Waals surface area (Å²) in [5, 5.41) is 15.5. The predicted octanol–water partition coefficient (Wildman–Crippen LogP) is 2.93. The highest BCUT2D eigenvalue weighted by atomic mass is 127. The lowest BCUT2D eigenvalue weighted by Gasteiger charge is -2.34. The average Bonchev–Trinajstić information content (AvgIpc) is 3.21. The van der Waals surface area contributed by atoms with Crippen molar-refractivity contribution in [3.63, 3.8) is 0 Å². The Bertz CT molecular complexity index is 681. The highest BCUT2D eigenvalue weighted by Gasteiger charge is 2.23. The number of ether oxygens (including phenoxy) is 1. The van der Waals surface area contributed by atoms with Crippen LogP contribution in [0, 0.1) is 11.8 Å². The van der Waals surface area contributed by atoms with E-state index in [1.807, 2.05) is 6.33 Å². The number of halogens is 1. The number of aliphatic imine (C=N–C) groups is 1. The maximum atomic E-state index is 6.02. The maximum Gasteiger partial charge on any atom is 0.191 e. The molecule has 2 fully saturated rings. The van der Waals surface area contributed by atoms with Gasteiger partial charge in [0.2, 0.25) is 0 Å². The van der Waals surface area contributed by atoms with Crippen LogP contribution < -0.4 is 10.6 Å². The molecule has 1 saturated heterocycles. The van der Waals surface area contributed by atoms with E-state index in [-0.39, 0.29) is 30.1 Å². The highest BCUT2D eigenvalue weighted by Crippen LogP contribution is 2.23. The fourth-order valence-electron chi connectivity index (χ4n) is 4.66. The number of guanidine groups is 1. The molecular weight excluding hydrogens is 517 g/mol. The molecule has 0 radical (unpaired) electrons. The molecular formula is C23H44IN7O. The number of aromatic nitrogens is 3. The number of hydrogen-bond acceptors (Lipinski definition) is 5. The summed E-state index contributed by atoms with van der Waals surface area (Å²) in [6.45, 7) is 15.3. The van der Waals surface area contributed by atoms with Crippen molar-refractivity contribution in [3.8, 4) is 0 Å². The summed E-state index contributed by atoms with van der Waals surface area (Å²) < 4.78 is 8.13. The van der Waals surface area contributed by atoms with Crippen molar-refractivity contribution in [1.82, 2.24) is 30.3 Å². The molecule has 32 heavy (non-hydrogen) atoms. The van der Waals surface area contributed by atoms with Crippen molar-refractivity contribution in [2.45, 2.75) is 78.5 Å². The molecule has 0 aromatic carbocycles. The second kappa shape index (κ2) is 14.3. The van der Waals surface area contributed by atoms with Crippen LogP contribution >= 0.6 is 24.0 Å². The molecule has 1 aliphatic heterocycles. The molecule has 2 heterocycles. The molecule has 3 unspecified atom stereocenters. The SMILES string of the molecule is CCc1nncn1CCNC(=NCC1CN(CC(C)C)CCO1)NC1CCCCC1C.I. The molecule has 0 amide bonds. The fraction of sp³-hybridized carbons (Fsp3) is 0.870. The highest BCUT2D eigenvalue weighted by molar-refractivity contribution is 14.0. The van der Waals surface area contributed by atoms with Gasteiger partial charge < -0.3 is 19.9 Å². The molecule has 2 N–H and O–H groups in total. The van der Waals surface area contributed by atoms with Gasteiger partial charge in [0.15, 0.2) is 5.96 Å². The molecule has 8 nitrogen and oxygen atoms in total. The average molecular weight is 562 g/mol. The summed E-state index contributed by atoms with van der Waals surface area (Å²) in [7, 11) is 0. The van der Waals surface area contributed by atoms with Gasteiger partial charge in [-0.3, -0.25) is 9.89 Å². The number of nitrogens with zero attached hydrogens (tertiary/aromatic N) is 5. The van der Waals surface area contributed by atoms with E-state index in [4.69, 9.17) is 9.73 Å². The van der Waals surface area contributed by atoms with Gasteiger partial charge in [-0.1, -0.05) is 40.5 Å². The Morgan fingerprint density at radius 2 is 2.12 bits per heavy atom. The van der Waals surface area contributed by atoms with Crippen LogP contribution in [0.25, 0.3) is 0 Å². The quantitative estimate of drug-likeness (QED) is 0.274. The van der Waals surface area contributed by atoms with Gasteiger partial charge in [-0.25, -0.2) is 0 Å². The Hall–Kier alpha value is -0.940. The van der Waals surface area contributed by atoms with E-state index in [9.17, 15) is 0 Å². The van der Waals surface area contributed by atoms with Crippen molar-refractivity contribution in [3.05, 3.63) is 12.2 Å². The summed E-state index contributed by atoms with van der Waals surface area (Å²) in [4.78, 5) is 7.46. The van der Waals surface area contributed by atoms with Crippen LogP contribution in [0.1, 0.15) is 59.2 Å². The number of morpholine rings is 1. The molecule has 184 valence electrons. The molecule has 1 aromatic rings. The van der Waals surface area contributed by atoms with Gasteiger partial charge in [-0.15, -0.1) is 34.2 Å². The van der Waals surface area contributed by atoms with Crippen LogP contribution in [0.5, 0.6) is 0 Å². The monoisotopic (exact) mass is 561 g/mol. The molecule has 0 spiro atoms. The zero-order valence-electron chi connectivity index (χ0n) is 20.4. The molecule has 1 saturated carbocycles. The lowest BCUT2D eigenvalue weighted by Crippen LogP contribution is -2.49. The van der Waals surface area contributed by atoms with Crippen LogP contribution in [0.2, 0.25) is 0 Å². The van der Waals surface area contributed by atoms with Crippen molar-refractivity contribution in [2.24, 2.45) is 16.8 Å². The first-order valence-electron chi connectivity index (χ1n) is 12.3. The molecule has 2 aliphatic rings. The first-order valence-corrected chi connectivity index (χ1v) is 12.3. The van der Waals surface area contributed by atoms with E-state index < -0.39 is 0 Å². The Morgan fingerprint density at radius 3 is 2.88 bits per heavy atom. The largest absolute Gasteiger partial charge is 0.374 e. The third kappa shape index (κ3) is 8.78. The van der Waals surface area contributed by atoms with E-state index in [1.54, 1.807) is 0 Å². The standard InChI is InChI=1S/C23H43N7O.HI/c1-5-22-28-26-17-30(22)11-10-24-23(27-21-9-7-6-8-19(21)4)25-14-20-16-29(12-13-31-20)15-18(2)3;/h17-21H,5-16H2,1-4H3,(H2,24,25,27);1H. The van der Waals surface area contributed by atoms with E-state index in [1.165, 1.54) is 25.7 Å². The second-order valence-corrected chi connectivity index (χ2v) is 9.57. The summed E-state index contributed by atoms with van der Waals surface area (Å²) in [5.74, 6) is 3.29. The van der Waals surface area contributed by atoms with Gasteiger partial charge in [0.25, 0.3) is 0 Å². The maximum absolute atomic E-state index is 6.02. The smallest absolute Gasteiger partial charge is 0.191 e. The summed E-state index contributed by atoms with van der Waals surface area (Å²) >= 11 is 0.